The van der Waals surface area contributed by atoms with Crippen LogP contribution in [0.1, 0.15) is 17.5 Å². The van der Waals surface area contributed by atoms with Crippen molar-refractivity contribution in [1.82, 2.24) is 10.3 Å². The number of aryl methyl sites for hydroxylation is 2. The van der Waals surface area contributed by atoms with Crippen molar-refractivity contribution in [3.63, 3.8) is 0 Å². The fourth-order valence-electron chi connectivity index (χ4n) is 2.91. The minimum atomic E-state index is 0. The van der Waals surface area contributed by atoms with Gasteiger partial charge in [-0.25, -0.2) is 4.98 Å². The third-order valence-corrected chi connectivity index (χ3v) is 4.38. The molecule has 0 spiro atoms. The van der Waals surface area contributed by atoms with Crippen LogP contribution >= 0.6 is 12.4 Å². The third-order valence-electron chi connectivity index (χ3n) is 4.38. The second-order valence-corrected chi connectivity index (χ2v) is 6.11. The highest BCUT2D eigenvalue weighted by atomic mass is 35.5. The van der Waals surface area contributed by atoms with Crippen LogP contribution in [0.25, 0.3) is 0 Å². The average molecular weight is 361 g/mol. The number of hydrogen-bond donors (Lipinski definition) is 2. The number of nitrogens with one attached hydrogen (secondary N) is 2. The van der Waals surface area contributed by atoms with Gasteiger partial charge in [-0.1, -0.05) is 24.3 Å². The molecule has 2 heterocycles. The Labute approximate surface area is 155 Å². The lowest BCUT2D eigenvalue weighted by molar-refractivity contribution is -0.116. The molecule has 2 aromatic rings. The lowest BCUT2D eigenvalue weighted by atomic mass is 10.0. The van der Waals surface area contributed by atoms with Crippen LogP contribution in [0.3, 0.4) is 0 Å². The monoisotopic (exact) mass is 360 g/mol. The maximum Gasteiger partial charge on any atom is 0.225 e. The number of amides is 1. The first-order valence-corrected chi connectivity index (χ1v) is 8.48. The average Bonchev–Trinajstić information content (AvgIpc) is 2.62. The van der Waals surface area contributed by atoms with Crippen LogP contribution in [0.15, 0.2) is 42.6 Å². The van der Waals surface area contributed by atoms with Crippen molar-refractivity contribution in [3.05, 3.63) is 53.7 Å². The van der Waals surface area contributed by atoms with E-state index in [1.807, 2.05) is 30.5 Å². The van der Waals surface area contributed by atoms with Gasteiger partial charge in [0.1, 0.15) is 5.82 Å². The quantitative estimate of drug-likeness (QED) is 0.860. The number of carbonyl (C=O) groups excluding carboxylic acids is 1. The normalized spacial score (nSPS) is 13.9. The van der Waals surface area contributed by atoms with Crippen LogP contribution in [-0.4, -0.2) is 37.1 Å². The van der Waals surface area contributed by atoms with Crippen LogP contribution < -0.4 is 15.5 Å². The van der Waals surface area contributed by atoms with Gasteiger partial charge >= 0.3 is 0 Å². The number of nitrogens with zero attached hydrogens (tertiary/aromatic N) is 2. The van der Waals surface area contributed by atoms with E-state index in [2.05, 4.69) is 39.6 Å². The van der Waals surface area contributed by atoms with Crippen molar-refractivity contribution in [2.24, 2.45) is 0 Å². The molecule has 5 nitrogen and oxygen atoms in total. The van der Waals surface area contributed by atoms with Crippen molar-refractivity contribution < 1.29 is 4.79 Å². The van der Waals surface area contributed by atoms with Gasteiger partial charge in [-0.2, -0.15) is 0 Å². The first kappa shape index (κ1) is 19.2. The van der Waals surface area contributed by atoms with Gasteiger partial charge in [-0.05, 0) is 36.6 Å². The number of pyridine rings is 1. The lowest BCUT2D eigenvalue weighted by Crippen LogP contribution is -2.43. The predicted molar refractivity (Wildman–Crippen MR) is 105 cm³/mol. The highest BCUT2D eigenvalue weighted by Crippen LogP contribution is 2.16. The Kier molecular flexibility index (Phi) is 7.22. The summed E-state index contributed by atoms with van der Waals surface area (Å²) in [4.78, 5) is 18.8. The van der Waals surface area contributed by atoms with Crippen molar-refractivity contribution in [2.45, 2.75) is 19.8 Å². The van der Waals surface area contributed by atoms with E-state index in [0.29, 0.717) is 12.2 Å². The molecule has 0 atom stereocenters. The van der Waals surface area contributed by atoms with Crippen LogP contribution in [0, 0.1) is 6.92 Å². The second kappa shape index (κ2) is 9.39. The molecule has 1 saturated heterocycles. The summed E-state index contributed by atoms with van der Waals surface area (Å²) in [7, 11) is 0. The zero-order chi connectivity index (χ0) is 16.8. The Morgan fingerprint density at radius 1 is 1.20 bits per heavy atom. The summed E-state index contributed by atoms with van der Waals surface area (Å²) in [6.45, 7) is 6.05. The van der Waals surface area contributed by atoms with Gasteiger partial charge in [0.2, 0.25) is 5.91 Å². The molecule has 1 aromatic carbocycles. The highest BCUT2D eigenvalue weighted by molar-refractivity contribution is 5.90. The summed E-state index contributed by atoms with van der Waals surface area (Å²) in [5.74, 6) is 0.615. The zero-order valence-corrected chi connectivity index (χ0v) is 15.3. The van der Waals surface area contributed by atoms with Crippen molar-refractivity contribution in [1.29, 1.82) is 0 Å². The summed E-state index contributed by atoms with van der Waals surface area (Å²) < 4.78 is 0. The lowest BCUT2D eigenvalue weighted by Gasteiger charge is -2.29. The van der Waals surface area contributed by atoms with Gasteiger partial charge in [0.25, 0.3) is 0 Å². The summed E-state index contributed by atoms with van der Waals surface area (Å²) in [6.07, 6.45) is 3.05. The smallest absolute Gasteiger partial charge is 0.225 e. The van der Waals surface area contributed by atoms with Gasteiger partial charge in [0.05, 0.1) is 11.9 Å². The van der Waals surface area contributed by atoms with E-state index in [9.17, 15) is 4.79 Å². The maximum absolute atomic E-state index is 12.1. The molecule has 0 aliphatic carbocycles. The molecule has 6 heteroatoms. The van der Waals surface area contributed by atoms with Crippen molar-refractivity contribution in [2.75, 3.05) is 36.4 Å². The predicted octanol–water partition coefficient (Wildman–Crippen LogP) is 2.79. The van der Waals surface area contributed by atoms with Gasteiger partial charge in [0, 0.05) is 32.6 Å². The number of halogens is 1. The van der Waals surface area contributed by atoms with Crippen LogP contribution in [-0.2, 0) is 11.2 Å². The number of carbonyl (C=O) groups is 1. The molecule has 1 amide bonds. The SMILES string of the molecule is Cc1ccccc1CCC(=O)Nc1ccc(N2CCNCC2)cn1.Cl. The Bertz CT molecular complexity index is 684. The Morgan fingerprint density at radius 2 is 1.96 bits per heavy atom. The number of hydrogen-bond acceptors (Lipinski definition) is 4. The highest BCUT2D eigenvalue weighted by Gasteiger charge is 2.11. The van der Waals surface area contributed by atoms with Crippen LogP contribution in [0.5, 0.6) is 0 Å². The van der Waals surface area contributed by atoms with E-state index in [0.717, 1.165) is 38.3 Å². The molecule has 0 bridgehead atoms. The number of aromatic nitrogens is 1. The summed E-state index contributed by atoms with van der Waals surface area (Å²) in [5, 5.41) is 6.22. The van der Waals surface area contributed by atoms with Gasteiger partial charge < -0.3 is 15.5 Å². The number of benzene rings is 1. The molecule has 0 unspecified atom stereocenters. The van der Waals surface area contributed by atoms with Gasteiger partial charge in [-0.3, -0.25) is 4.79 Å². The molecular formula is C19H25ClN4O. The zero-order valence-electron chi connectivity index (χ0n) is 14.5. The fourth-order valence-corrected chi connectivity index (χ4v) is 2.91. The van der Waals surface area contributed by atoms with E-state index >= 15 is 0 Å². The molecule has 0 saturated carbocycles. The summed E-state index contributed by atoms with van der Waals surface area (Å²) in [6, 6.07) is 12.1. The largest absolute Gasteiger partial charge is 0.368 e. The minimum absolute atomic E-state index is 0. The Hall–Kier alpha value is -2.11. The summed E-state index contributed by atoms with van der Waals surface area (Å²) in [5.41, 5.74) is 3.55. The standard InChI is InChI=1S/C19H24N4O.ClH/c1-15-4-2-3-5-16(15)6-9-19(24)22-18-8-7-17(14-21-18)23-12-10-20-11-13-23;/h2-5,7-8,14,20H,6,9-13H2,1H3,(H,21,22,24);1H. The molecular weight excluding hydrogens is 336 g/mol. The summed E-state index contributed by atoms with van der Waals surface area (Å²) >= 11 is 0. The fraction of sp³-hybridized carbons (Fsp3) is 0.368. The number of piperazine rings is 1. The topological polar surface area (TPSA) is 57.3 Å². The Balaban J connectivity index is 0.00000225. The second-order valence-electron chi connectivity index (χ2n) is 6.11. The molecule has 134 valence electrons. The van der Waals surface area contributed by atoms with E-state index < -0.39 is 0 Å². The minimum Gasteiger partial charge on any atom is -0.368 e. The molecule has 1 aromatic heterocycles. The first-order chi connectivity index (χ1) is 11.7. The van der Waals surface area contributed by atoms with E-state index in [1.165, 1.54) is 11.1 Å². The molecule has 0 radical (unpaired) electrons. The van der Waals surface area contributed by atoms with E-state index in [1.54, 1.807) is 0 Å². The Morgan fingerprint density at radius 3 is 2.64 bits per heavy atom. The van der Waals surface area contributed by atoms with Crippen LogP contribution in [0.4, 0.5) is 11.5 Å². The molecule has 1 fully saturated rings. The van der Waals surface area contributed by atoms with Gasteiger partial charge in [-0.15, -0.1) is 12.4 Å². The van der Waals surface area contributed by atoms with E-state index in [-0.39, 0.29) is 18.3 Å². The number of rotatable bonds is 5. The first-order valence-electron chi connectivity index (χ1n) is 8.48. The van der Waals surface area contributed by atoms with Crippen molar-refractivity contribution in [3.8, 4) is 0 Å². The molecule has 25 heavy (non-hydrogen) atoms. The maximum atomic E-state index is 12.1. The number of anilines is 2. The van der Waals surface area contributed by atoms with Crippen LogP contribution in [0.2, 0.25) is 0 Å². The molecule has 1 aliphatic heterocycles. The molecule has 2 N–H and O–H groups in total. The van der Waals surface area contributed by atoms with Crippen molar-refractivity contribution >= 4 is 29.8 Å². The van der Waals surface area contributed by atoms with Gasteiger partial charge in [0.15, 0.2) is 0 Å². The molecule has 3 rings (SSSR count). The third kappa shape index (κ3) is 5.44. The van der Waals surface area contributed by atoms with E-state index in [4.69, 9.17) is 0 Å². The molecule has 1 aliphatic rings.